The highest BCUT2D eigenvalue weighted by Crippen LogP contribution is 2.39. The first kappa shape index (κ1) is 19.9. The van der Waals surface area contributed by atoms with Crippen molar-refractivity contribution in [3.63, 3.8) is 0 Å². The highest BCUT2D eigenvalue weighted by atomic mass is 16.5. The normalized spacial score (nSPS) is 15.8. The van der Waals surface area contributed by atoms with Crippen LogP contribution in [-0.2, 0) is 5.60 Å². The Hall–Kier alpha value is -2.80. The molecule has 0 unspecified atom stereocenters. The van der Waals surface area contributed by atoms with Gasteiger partial charge in [0.25, 0.3) is 5.91 Å². The van der Waals surface area contributed by atoms with E-state index in [0.29, 0.717) is 54.4 Å². The minimum Gasteiger partial charge on any atom is -0.493 e. The van der Waals surface area contributed by atoms with E-state index in [1.165, 1.54) is 21.3 Å². The Balaban J connectivity index is 1.77. The Morgan fingerprint density at radius 3 is 2.14 bits per heavy atom. The molecule has 1 N–H and O–H groups in total. The van der Waals surface area contributed by atoms with Crippen molar-refractivity contribution >= 4 is 5.91 Å². The molecule has 1 aromatic heterocycles. The fourth-order valence-electron chi connectivity index (χ4n) is 3.47. The molecule has 1 amide bonds. The van der Waals surface area contributed by atoms with Gasteiger partial charge in [0, 0.05) is 24.8 Å². The van der Waals surface area contributed by atoms with Gasteiger partial charge in [-0.3, -0.25) is 9.78 Å². The summed E-state index contributed by atoms with van der Waals surface area (Å²) in [7, 11) is 4.55. The van der Waals surface area contributed by atoms with Crippen LogP contribution in [0.3, 0.4) is 0 Å². The zero-order valence-electron chi connectivity index (χ0n) is 16.7. The highest BCUT2D eigenvalue weighted by Gasteiger charge is 2.37. The van der Waals surface area contributed by atoms with E-state index in [1.54, 1.807) is 23.2 Å². The van der Waals surface area contributed by atoms with Gasteiger partial charge in [0.2, 0.25) is 5.75 Å². The molecule has 2 heterocycles. The minimum atomic E-state index is -1.01. The van der Waals surface area contributed by atoms with Crippen molar-refractivity contribution in [3.05, 3.63) is 47.3 Å². The summed E-state index contributed by atoms with van der Waals surface area (Å²) >= 11 is 0. The second-order valence-electron chi connectivity index (χ2n) is 6.96. The van der Waals surface area contributed by atoms with Gasteiger partial charge < -0.3 is 24.2 Å². The van der Waals surface area contributed by atoms with E-state index >= 15 is 0 Å². The maximum Gasteiger partial charge on any atom is 0.254 e. The number of aryl methyl sites for hydroxylation is 1. The van der Waals surface area contributed by atoms with Gasteiger partial charge in [0.15, 0.2) is 11.5 Å². The summed E-state index contributed by atoms with van der Waals surface area (Å²) in [4.78, 5) is 19.1. The molecule has 150 valence electrons. The molecule has 1 aliphatic rings. The molecule has 3 rings (SSSR count). The van der Waals surface area contributed by atoms with Gasteiger partial charge in [-0.25, -0.2) is 0 Å². The molecule has 2 aromatic rings. The van der Waals surface area contributed by atoms with Gasteiger partial charge >= 0.3 is 0 Å². The maximum atomic E-state index is 13.0. The Bertz CT molecular complexity index is 817. The number of amides is 1. The van der Waals surface area contributed by atoms with Crippen LogP contribution in [0.1, 0.15) is 34.5 Å². The molecule has 0 aliphatic carbocycles. The molecule has 0 radical (unpaired) electrons. The Labute approximate surface area is 164 Å². The van der Waals surface area contributed by atoms with E-state index in [9.17, 15) is 9.90 Å². The summed E-state index contributed by atoms with van der Waals surface area (Å²) in [5, 5.41) is 11.0. The van der Waals surface area contributed by atoms with Crippen molar-refractivity contribution in [2.24, 2.45) is 0 Å². The van der Waals surface area contributed by atoms with Crippen LogP contribution < -0.4 is 14.2 Å². The highest BCUT2D eigenvalue weighted by molar-refractivity contribution is 5.95. The molecule has 28 heavy (non-hydrogen) atoms. The minimum absolute atomic E-state index is 0.141. The number of pyridine rings is 1. The van der Waals surface area contributed by atoms with Gasteiger partial charge in [0.1, 0.15) is 5.60 Å². The quantitative estimate of drug-likeness (QED) is 0.851. The number of rotatable bonds is 5. The fourth-order valence-corrected chi connectivity index (χ4v) is 3.47. The monoisotopic (exact) mass is 386 g/mol. The van der Waals surface area contributed by atoms with Crippen molar-refractivity contribution in [1.82, 2.24) is 9.88 Å². The number of hydrogen-bond donors (Lipinski definition) is 1. The first-order valence-electron chi connectivity index (χ1n) is 9.16. The van der Waals surface area contributed by atoms with Gasteiger partial charge in [-0.05, 0) is 43.5 Å². The second kappa shape index (κ2) is 8.06. The number of carbonyl (C=O) groups excluding carboxylic acids is 1. The first-order chi connectivity index (χ1) is 13.4. The topological polar surface area (TPSA) is 81.1 Å². The van der Waals surface area contributed by atoms with E-state index in [0.717, 1.165) is 5.56 Å². The number of nitrogens with zero attached hydrogens (tertiary/aromatic N) is 2. The zero-order chi connectivity index (χ0) is 20.3. The lowest BCUT2D eigenvalue weighted by molar-refractivity contribution is -0.0244. The van der Waals surface area contributed by atoms with Crippen molar-refractivity contribution < 1.29 is 24.1 Å². The van der Waals surface area contributed by atoms with E-state index in [-0.39, 0.29) is 5.91 Å². The molecule has 1 aromatic carbocycles. The van der Waals surface area contributed by atoms with E-state index in [2.05, 4.69) is 4.98 Å². The number of carbonyl (C=O) groups is 1. The van der Waals surface area contributed by atoms with Crippen LogP contribution in [-0.4, -0.2) is 55.3 Å². The van der Waals surface area contributed by atoms with Crippen LogP contribution in [0.5, 0.6) is 17.2 Å². The number of hydrogen-bond acceptors (Lipinski definition) is 6. The van der Waals surface area contributed by atoms with Gasteiger partial charge in [-0.1, -0.05) is 6.07 Å². The summed E-state index contributed by atoms with van der Waals surface area (Å²) in [5.41, 5.74) is 1.13. The molecule has 0 atom stereocenters. The van der Waals surface area contributed by atoms with Gasteiger partial charge in [-0.2, -0.15) is 0 Å². The average Bonchev–Trinajstić information content (AvgIpc) is 2.73. The molecule has 0 saturated carbocycles. The Morgan fingerprint density at radius 2 is 1.68 bits per heavy atom. The van der Waals surface area contributed by atoms with Crippen molar-refractivity contribution in [3.8, 4) is 17.2 Å². The summed E-state index contributed by atoms with van der Waals surface area (Å²) < 4.78 is 16.0. The third-order valence-corrected chi connectivity index (χ3v) is 5.18. The van der Waals surface area contributed by atoms with Gasteiger partial charge in [0.05, 0.1) is 27.0 Å². The van der Waals surface area contributed by atoms with Crippen LogP contribution in [0.2, 0.25) is 0 Å². The number of methoxy groups -OCH3 is 3. The molecule has 1 aliphatic heterocycles. The largest absolute Gasteiger partial charge is 0.493 e. The summed E-state index contributed by atoms with van der Waals surface area (Å²) in [6, 6.07) is 7.08. The molecule has 0 bridgehead atoms. The number of aliphatic hydroxyl groups is 1. The predicted molar refractivity (Wildman–Crippen MR) is 104 cm³/mol. The summed E-state index contributed by atoms with van der Waals surface area (Å²) in [6.07, 6.45) is 2.61. The van der Waals surface area contributed by atoms with Crippen molar-refractivity contribution in [1.29, 1.82) is 0 Å². The number of ether oxygens (including phenoxy) is 3. The number of aromatic nitrogens is 1. The molecule has 7 nitrogen and oxygen atoms in total. The first-order valence-corrected chi connectivity index (χ1v) is 9.16. The molecule has 1 fully saturated rings. The van der Waals surface area contributed by atoms with Crippen LogP contribution in [0.25, 0.3) is 0 Å². The van der Waals surface area contributed by atoms with Crippen LogP contribution in [0, 0.1) is 6.92 Å². The third-order valence-electron chi connectivity index (χ3n) is 5.18. The third kappa shape index (κ3) is 3.75. The predicted octanol–water partition coefficient (Wildman–Crippen LogP) is 2.54. The van der Waals surface area contributed by atoms with Crippen LogP contribution in [0.15, 0.2) is 30.5 Å². The lowest BCUT2D eigenvalue weighted by Gasteiger charge is -2.38. The Morgan fingerprint density at radius 1 is 1.07 bits per heavy atom. The van der Waals surface area contributed by atoms with E-state index in [1.807, 2.05) is 19.1 Å². The van der Waals surface area contributed by atoms with E-state index < -0.39 is 5.60 Å². The molecule has 7 heteroatoms. The lowest BCUT2D eigenvalue weighted by Crippen LogP contribution is -2.45. The zero-order valence-corrected chi connectivity index (χ0v) is 16.7. The van der Waals surface area contributed by atoms with Crippen LogP contribution >= 0.6 is 0 Å². The maximum absolute atomic E-state index is 13.0. The van der Waals surface area contributed by atoms with Gasteiger partial charge in [-0.15, -0.1) is 0 Å². The fraction of sp³-hybridized carbons (Fsp3) is 0.429. The van der Waals surface area contributed by atoms with Crippen LogP contribution in [0.4, 0.5) is 0 Å². The summed E-state index contributed by atoms with van der Waals surface area (Å²) in [5.74, 6) is 1.17. The molecular weight excluding hydrogens is 360 g/mol. The lowest BCUT2D eigenvalue weighted by atomic mass is 9.87. The SMILES string of the molecule is COc1cc(C(=O)N2CCC(O)(c3ccc(C)cn3)CC2)cc(OC)c1OC. The van der Waals surface area contributed by atoms with Crippen molar-refractivity contribution in [2.75, 3.05) is 34.4 Å². The molecular formula is C21H26N2O5. The average molecular weight is 386 g/mol. The van der Waals surface area contributed by atoms with E-state index in [4.69, 9.17) is 14.2 Å². The molecule has 1 saturated heterocycles. The van der Waals surface area contributed by atoms with Crippen molar-refractivity contribution in [2.45, 2.75) is 25.4 Å². The number of likely N-dealkylation sites (tertiary alicyclic amines) is 1. The Kier molecular flexibility index (Phi) is 5.74. The molecule has 0 spiro atoms. The standard InChI is InChI=1S/C21H26N2O5/c1-14-5-6-18(22-13-14)21(25)7-9-23(10-8-21)20(24)15-11-16(26-2)19(28-4)17(12-15)27-3/h5-6,11-13,25H,7-10H2,1-4H3. The number of piperidine rings is 1. The second-order valence-corrected chi connectivity index (χ2v) is 6.96. The summed E-state index contributed by atoms with van der Waals surface area (Å²) in [6.45, 7) is 2.82. The number of benzene rings is 1. The smallest absolute Gasteiger partial charge is 0.254 e.